The smallest absolute Gasteiger partial charge is 0.191 e. The Morgan fingerprint density at radius 1 is 1.39 bits per heavy atom. The highest BCUT2D eigenvalue weighted by atomic mass is 16.5. The van der Waals surface area contributed by atoms with Crippen molar-refractivity contribution in [3.63, 3.8) is 0 Å². The molecule has 1 aliphatic rings. The Morgan fingerprint density at radius 2 is 2.26 bits per heavy atom. The molecule has 1 heterocycles. The van der Waals surface area contributed by atoms with Crippen LogP contribution in [0.4, 0.5) is 0 Å². The van der Waals surface area contributed by atoms with E-state index in [2.05, 4.69) is 33.5 Å². The molecule has 0 radical (unpaired) electrons. The summed E-state index contributed by atoms with van der Waals surface area (Å²) in [5.74, 6) is 2.47. The molecular weight excluding hydrogens is 288 g/mol. The number of nitrogens with one attached hydrogen (secondary N) is 2. The molecule has 0 bridgehead atoms. The Labute approximate surface area is 140 Å². The fourth-order valence-electron chi connectivity index (χ4n) is 3.03. The van der Waals surface area contributed by atoms with Crippen LogP contribution in [0.5, 0.6) is 5.75 Å². The van der Waals surface area contributed by atoms with Gasteiger partial charge < -0.3 is 20.3 Å². The first-order valence-electron chi connectivity index (χ1n) is 8.55. The van der Waals surface area contributed by atoms with Crippen LogP contribution in [0.1, 0.15) is 25.3 Å². The number of ether oxygens (including phenoxy) is 1. The van der Waals surface area contributed by atoms with Crippen LogP contribution in [0.25, 0.3) is 0 Å². The average Bonchev–Trinajstić information content (AvgIpc) is 3.03. The van der Waals surface area contributed by atoms with Gasteiger partial charge in [0.1, 0.15) is 5.75 Å². The zero-order valence-corrected chi connectivity index (χ0v) is 14.6. The maximum atomic E-state index is 5.25. The van der Waals surface area contributed by atoms with Crippen LogP contribution < -0.4 is 15.4 Å². The first kappa shape index (κ1) is 17.6. The third-order valence-electron chi connectivity index (χ3n) is 4.29. The summed E-state index contributed by atoms with van der Waals surface area (Å²) in [7, 11) is 3.51. The molecule has 1 aromatic rings. The van der Waals surface area contributed by atoms with Gasteiger partial charge in [0.25, 0.3) is 0 Å². The molecule has 1 atom stereocenters. The van der Waals surface area contributed by atoms with E-state index in [-0.39, 0.29) is 0 Å². The Kier molecular flexibility index (Phi) is 7.20. The van der Waals surface area contributed by atoms with Gasteiger partial charge in [0.05, 0.1) is 7.11 Å². The lowest BCUT2D eigenvalue weighted by atomic mass is 10.1. The topological polar surface area (TPSA) is 48.9 Å². The predicted molar refractivity (Wildman–Crippen MR) is 96.0 cm³/mol. The van der Waals surface area contributed by atoms with E-state index in [4.69, 9.17) is 4.74 Å². The maximum absolute atomic E-state index is 5.25. The zero-order chi connectivity index (χ0) is 16.5. The number of aliphatic imine (C=N–C) groups is 1. The van der Waals surface area contributed by atoms with Crippen molar-refractivity contribution in [2.24, 2.45) is 10.9 Å². The van der Waals surface area contributed by atoms with E-state index in [1.165, 1.54) is 38.0 Å². The number of nitrogens with zero attached hydrogens (tertiary/aromatic N) is 2. The lowest BCUT2D eigenvalue weighted by Crippen LogP contribution is -2.39. The van der Waals surface area contributed by atoms with E-state index in [1.54, 1.807) is 7.11 Å². The van der Waals surface area contributed by atoms with Crippen molar-refractivity contribution in [1.82, 2.24) is 15.5 Å². The Balaban J connectivity index is 1.73. The summed E-state index contributed by atoms with van der Waals surface area (Å²) in [6, 6.07) is 8.09. The second-order valence-electron chi connectivity index (χ2n) is 6.11. The third kappa shape index (κ3) is 5.75. The second kappa shape index (κ2) is 9.40. The van der Waals surface area contributed by atoms with Gasteiger partial charge in [0.15, 0.2) is 5.96 Å². The van der Waals surface area contributed by atoms with Crippen LogP contribution in [0, 0.1) is 5.92 Å². The number of hydrogen-bond acceptors (Lipinski definition) is 3. The van der Waals surface area contributed by atoms with E-state index in [0.717, 1.165) is 30.7 Å². The molecule has 0 aliphatic carbocycles. The lowest BCUT2D eigenvalue weighted by Gasteiger charge is -2.17. The minimum Gasteiger partial charge on any atom is -0.497 e. The number of guanidine groups is 1. The van der Waals surface area contributed by atoms with E-state index >= 15 is 0 Å². The quantitative estimate of drug-likeness (QED) is 0.597. The van der Waals surface area contributed by atoms with Crippen molar-refractivity contribution >= 4 is 5.96 Å². The fourth-order valence-corrected chi connectivity index (χ4v) is 3.03. The van der Waals surface area contributed by atoms with Crippen molar-refractivity contribution in [3.8, 4) is 5.75 Å². The molecule has 2 N–H and O–H groups in total. The van der Waals surface area contributed by atoms with Gasteiger partial charge in [-0.25, -0.2) is 0 Å². The SMILES string of the molecule is CCCN1CCC(CNC(=NC)NCc2cccc(OC)c2)C1. The number of benzene rings is 1. The molecule has 1 aromatic carbocycles. The molecule has 0 aromatic heterocycles. The van der Waals surface area contributed by atoms with Gasteiger partial charge in [-0.3, -0.25) is 4.99 Å². The molecule has 0 amide bonds. The standard InChI is InChI=1S/C18H30N4O/c1-4-9-22-10-8-16(14-22)13-21-18(19-2)20-12-15-6-5-7-17(11-15)23-3/h5-7,11,16H,4,8-10,12-14H2,1-3H3,(H2,19,20,21). The van der Waals surface area contributed by atoms with Gasteiger partial charge in [0, 0.05) is 26.7 Å². The summed E-state index contributed by atoms with van der Waals surface area (Å²) in [6.45, 7) is 7.63. The molecular formula is C18H30N4O. The Bertz CT molecular complexity index is 504. The van der Waals surface area contributed by atoms with E-state index < -0.39 is 0 Å². The number of likely N-dealkylation sites (tertiary alicyclic amines) is 1. The van der Waals surface area contributed by atoms with Crippen LogP contribution >= 0.6 is 0 Å². The van der Waals surface area contributed by atoms with Crippen LogP contribution in [0.15, 0.2) is 29.3 Å². The largest absolute Gasteiger partial charge is 0.497 e. The first-order valence-corrected chi connectivity index (χ1v) is 8.55. The van der Waals surface area contributed by atoms with Crippen LogP contribution in [0.3, 0.4) is 0 Å². The molecule has 1 fully saturated rings. The second-order valence-corrected chi connectivity index (χ2v) is 6.11. The zero-order valence-electron chi connectivity index (χ0n) is 14.6. The number of rotatable bonds is 7. The van der Waals surface area contributed by atoms with Gasteiger partial charge in [-0.15, -0.1) is 0 Å². The highest BCUT2D eigenvalue weighted by Crippen LogP contribution is 2.15. The normalized spacial score (nSPS) is 18.9. The highest BCUT2D eigenvalue weighted by Gasteiger charge is 2.21. The van der Waals surface area contributed by atoms with Gasteiger partial charge in [-0.2, -0.15) is 0 Å². The van der Waals surface area contributed by atoms with Gasteiger partial charge >= 0.3 is 0 Å². The number of methoxy groups -OCH3 is 1. The summed E-state index contributed by atoms with van der Waals surface area (Å²) >= 11 is 0. The molecule has 128 valence electrons. The predicted octanol–water partition coefficient (Wildman–Crippen LogP) is 2.09. The molecule has 0 spiro atoms. The molecule has 0 saturated carbocycles. The highest BCUT2D eigenvalue weighted by molar-refractivity contribution is 5.79. The minimum atomic E-state index is 0.719. The molecule has 1 unspecified atom stereocenters. The minimum absolute atomic E-state index is 0.719. The van der Waals surface area contributed by atoms with Crippen molar-refractivity contribution in [2.45, 2.75) is 26.3 Å². The molecule has 1 aliphatic heterocycles. The summed E-state index contributed by atoms with van der Waals surface area (Å²) in [5.41, 5.74) is 1.18. The molecule has 2 rings (SSSR count). The van der Waals surface area contributed by atoms with Crippen molar-refractivity contribution < 1.29 is 4.74 Å². The van der Waals surface area contributed by atoms with E-state index in [0.29, 0.717) is 0 Å². The van der Waals surface area contributed by atoms with E-state index in [1.807, 2.05) is 25.2 Å². The Hall–Kier alpha value is -1.75. The number of hydrogen-bond donors (Lipinski definition) is 2. The van der Waals surface area contributed by atoms with Crippen molar-refractivity contribution in [3.05, 3.63) is 29.8 Å². The van der Waals surface area contributed by atoms with Crippen molar-refractivity contribution in [2.75, 3.05) is 40.3 Å². The molecule has 5 heteroatoms. The Morgan fingerprint density at radius 3 is 3.00 bits per heavy atom. The molecule has 23 heavy (non-hydrogen) atoms. The van der Waals surface area contributed by atoms with Crippen LogP contribution in [-0.4, -0.2) is 51.2 Å². The van der Waals surface area contributed by atoms with Crippen LogP contribution in [-0.2, 0) is 6.54 Å². The van der Waals surface area contributed by atoms with Gasteiger partial charge in [0.2, 0.25) is 0 Å². The summed E-state index contributed by atoms with van der Waals surface area (Å²) in [4.78, 5) is 6.87. The lowest BCUT2D eigenvalue weighted by molar-refractivity contribution is 0.324. The maximum Gasteiger partial charge on any atom is 0.191 e. The summed E-state index contributed by atoms with van der Waals surface area (Å²) < 4.78 is 5.25. The van der Waals surface area contributed by atoms with Gasteiger partial charge in [-0.1, -0.05) is 19.1 Å². The van der Waals surface area contributed by atoms with Crippen molar-refractivity contribution in [1.29, 1.82) is 0 Å². The van der Waals surface area contributed by atoms with E-state index in [9.17, 15) is 0 Å². The van der Waals surface area contributed by atoms with Gasteiger partial charge in [-0.05, 0) is 49.5 Å². The summed E-state index contributed by atoms with van der Waals surface area (Å²) in [6.07, 6.45) is 2.52. The third-order valence-corrected chi connectivity index (χ3v) is 4.29. The summed E-state index contributed by atoms with van der Waals surface area (Å²) in [5, 5.41) is 6.82. The first-order chi connectivity index (χ1) is 11.2. The average molecular weight is 318 g/mol. The molecule has 5 nitrogen and oxygen atoms in total. The monoisotopic (exact) mass is 318 g/mol. The fraction of sp³-hybridized carbons (Fsp3) is 0.611. The van der Waals surface area contributed by atoms with Crippen LogP contribution in [0.2, 0.25) is 0 Å². The molecule has 1 saturated heterocycles.